The van der Waals surface area contributed by atoms with Gasteiger partial charge in [0, 0.05) is 18.8 Å². The summed E-state index contributed by atoms with van der Waals surface area (Å²) in [5.41, 5.74) is 0.877. The van der Waals surface area contributed by atoms with E-state index in [4.69, 9.17) is 4.74 Å². The summed E-state index contributed by atoms with van der Waals surface area (Å²) in [5.74, 6) is 0.757. The summed E-state index contributed by atoms with van der Waals surface area (Å²) in [4.78, 5) is 11.0. The van der Waals surface area contributed by atoms with E-state index in [1.54, 1.807) is 7.05 Å². The Kier molecular flexibility index (Phi) is 4.64. The van der Waals surface area contributed by atoms with Crippen LogP contribution in [-0.4, -0.2) is 25.6 Å². The summed E-state index contributed by atoms with van der Waals surface area (Å²) in [6.45, 7) is 4.22. The molecule has 0 saturated carbocycles. The summed E-state index contributed by atoms with van der Waals surface area (Å²) in [5, 5.41) is 5.57. The molecule has 1 rings (SSSR count). The van der Waals surface area contributed by atoms with Crippen LogP contribution in [0.5, 0.6) is 5.75 Å². The summed E-state index contributed by atoms with van der Waals surface area (Å²) >= 11 is 0. The third-order valence-corrected chi connectivity index (χ3v) is 1.94. The number of anilines is 1. The van der Waals surface area contributed by atoms with Crippen LogP contribution in [-0.2, 0) is 4.79 Å². The van der Waals surface area contributed by atoms with E-state index >= 15 is 0 Å². The van der Waals surface area contributed by atoms with Gasteiger partial charge >= 0.3 is 0 Å². The largest absolute Gasteiger partial charge is 0.491 e. The van der Waals surface area contributed by atoms with Gasteiger partial charge in [-0.3, -0.25) is 4.79 Å². The molecule has 0 bridgehead atoms. The maximum Gasteiger partial charge on any atom is 0.239 e. The molecule has 0 atom stereocenters. The van der Waals surface area contributed by atoms with Crippen LogP contribution >= 0.6 is 0 Å². The summed E-state index contributed by atoms with van der Waals surface area (Å²) in [6.07, 6.45) is 0.147. The van der Waals surface area contributed by atoms with E-state index in [2.05, 4.69) is 10.6 Å². The Hall–Kier alpha value is -1.71. The lowest BCUT2D eigenvalue weighted by Gasteiger charge is -2.11. The molecule has 0 aliphatic heterocycles. The predicted molar refractivity (Wildman–Crippen MR) is 64.8 cm³/mol. The van der Waals surface area contributed by atoms with Crippen molar-refractivity contribution in [3.05, 3.63) is 24.3 Å². The SMILES string of the molecule is CNC(=O)CNc1cccc(OC(C)C)c1. The third kappa shape index (κ3) is 4.21. The Bertz CT molecular complexity index is 351. The van der Waals surface area contributed by atoms with Gasteiger partial charge in [-0.1, -0.05) is 6.07 Å². The maximum atomic E-state index is 11.0. The first-order valence-corrected chi connectivity index (χ1v) is 5.33. The molecule has 4 heteroatoms. The molecule has 1 aromatic carbocycles. The number of benzene rings is 1. The van der Waals surface area contributed by atoms with E-state index in [1.165, 1.54) is 0 Å². The van der Waals surface area contributed by atoms with E-state index in [1.807, 2.05) is 38.1 Å². The molecule has 16 heavy (non-hydrogen) atoms. The number of nitrogens with one attached hydrogen (secondary N) is 2. The first kappa shape index (κ1) is 12.4. The average Bonchev–Trinajstić information content (AvgIpc) is 2.25. The van der Waals surface area contributed by atoms with E-state index in [9.17, 15) is 4.79 Å². The Morgan fingerprint density at radius 3 is 2.81 bits per heavy atom. The highest BCUT2D eigenvalue weighted by molar-refractivity contribution is 5.80. The highest BCUT2D eigenvalue weighted by atomic mass is 16.5. The summed E-state index contributed by atoms with van der Waals surface area (Å²) < 4.78 is 5.55. The van der Waals surface area contributed by atoms with Gasteiger partial charge in [0.05, 0.1) is 12.6 Å². The molecule has 0 fully saturated rings. The zero-order chi connectivity index (χ0) is 12.0. The lowest BCUT2D eigenvalue weighted by molar-refractivity contribution is -0.118. The van der Waals surface area contributed by atoms with Crippen molar-refractivity contribution in [3.8, 4) is 5.75 Å². The lowest BCUT2D eigenvalue weighted by atomic mass is 10.3. The van der Waals surface area contributed by atoms with Gasteiger partial charge in [0.2, 0.25) is 5.91 Å². The Labute approximate surface area is 96.0 Å². The second kappa shape index (κ2) is 6.00. The van der Waals surface area contributed by atoms with E-state index in [-0.39, 0.29) is 18.6 Å². The second-order valence-electron chi connectivity index (χ2n) is 3.72. The fourth-order valence-corrected chi connectivity index (χ4v) is 1.22. The van der Waals surface area contributed by atoms with Crippen LogP contribution in [0.25, 0.3) is 0 Å². The zero-order valence-electron chi connectivity index (χ0n) is 9.91. The van der Waals surface area contributed by atoms with Crippen LogP contribution < -0.4 is 15.4 Å². The quantitative estimate of drug-likeness (QED) is 0.796. The van der Waals surface area contributed by atoms with Crippen LogP contribution in [0.4, 0.5) is 5.69 Å². The van der Waals surface area contributed by atoms with Crippen LogP contribution in [0.15, 0.2) is 24.3 Å². The van der Waals surface area contributed by atoms with Crippen molar-refractivity contribution in [2.75, 3.05) is 18.9 Å². The number of carbonyl (C=O) groups is 1. The van der Waals surface area contributed by atoms with Crippen molar-refractivity contribution < 1.29 is 9.53 Å². The van der Waals surface area contributed by atoms with Crippen LogP contribution in [0.2, 0.25) is 0 Å². The number of carbonyl (C=O) groups excluding carboxylic acids is 1. The molecule has 0 heterocycles. The number of amides is 1. The van der Waals surface area contributed by atoms with Crippen molar-refractivity contribution in [2.45, 2.75) is 20.0 Å². The molecular formula is C12H18N2O2. The Balaban J connectivity index is 2.56. The van der Waals surface area contributed by atoms with Gasteiger partial charge in [-0.15, -0.1) is 0 Å². The third-order valence-electron chi connectivity index (χ3n) is 1.94. The van der Waals surface area contributed by atoms with E-state index in [0.717, 1.165) is 11.4 Å². The normalized spacial score (nSPS) is 10.0. The maximum absolute atomic E-state index is 11.0. The second-order valence-corrected chi connectivity index (χ2v) is 3.72. The van der Waals surface area contributed by atoms with E-state index < -0.39 is 0 Å². The predicted octanol–water partition coefficient (Wildman–Crippen LogP) is 1.63. The standard InChI is InChI=1S/C12H18N2O2/c1-9(2)16-11-6-4-5-10(7-11)14-8-12(15)13-3/h4-7,9,14H,8H2,1-3H3,(H,13,15). The highest BCUT2D eigenvalue weighted by Gasteiger charge is 2.01. The van der Waals surface area contributed by atoms with Gasteiger partial charge in [-0.2, -0.15) is 0 Å². The molecule has 0 aliphatic rings. The van der Waals surface area contributed by atoms with Gasteiger partial charge in [0.15, 0.2) is 0 Å². The van der Waals surface area contributed by atoms with Crippen molar-refractivity contribution in [1.29, 1.82) is 0 Å². The highest BCUT2D eigenvalue weighted by Crippen LogP contribution is 2.18. The summed E-state index contributed by atoms with van der Waals surface area (Å²) in [6, 6.07) is 7.56. The van der Waals surface area contributed by atoms with Gasteiger partial charge in [0.25, 0.3) is 0 Å². The molecule has 4 nitrogen and oxygen atoms in total. The number of hydrogen-bond acceptors (Lipinski definition) is 3. The van der Waals surface area contributed by atoms with Gasteiger partial charge in [-0.05, 0) is 26.0 Å². The molecule has 1 aromatic rings. The van der Waals surface area contributed by atoms with Crippen molar-refractivity contribution in [2.24, 2.45) is 0 Å². The topological polar surface area (TPSA) is 50.4 Å². The number of ether oxygens (including phenoxy) is 1. The summed E-state index contributed by atoms with van der Waals surface area (Å²) in [7, 11) is 1.61. The molecular weight excluding hydrogens is 204 g/mol. The average molecular weight is 222 g/mol. The van der Waals surface area contributed by atoms with Gasteiger partial charge < -0.3 is 15.4 Å². The minimum atomic E-state index is -0.0461. The molecule has 0 aromatic heterocycles. The first-order valence-electron chi connectivity index (χ1n) is 5.33. The molecule has 88 valence electrons. The van der Waals surface area contributed by atoms with Crippen molar-refractivity contribution in [1.82, 2.24) is 5.32 Å². The van der Waals surface area contributed by atoms with Crippen molar-refractivity contribution in [3.63, 3.8) is 0 Å². The Morgan fingerprint density at radius 1 is 1.44 bits per heavy atom. The Morgan fingerprint density at radius 2 is 2.19 bits per heavy atom. The molecule has 2 N–H and O–H groups in total. The molecule has 0 radical (unpaired) electrons. The first-order chi connectivity index (χ1) is 7.61. The molecule has 1 amide bonds. The number of rotatable bonds is 5. The van der Waals surface area contributed by atoms with E-state index in [0.29, 0.717) is 0 Å². The van der Waals surface area contributed by atoms with Crippen LogP contribution in [0.1, 0.15) is 13.8 Å². The molecule has 0 spiro atoms. The smallest absolute Gasteiger partial charge is 0.239 e. The minimum Gasteiger partial charge on any atom is -0.491 e. The van der Waals surface area contributed by atoms with Crippen LogP contribution in [0.3, 0.4) is 0 Å². The molecule has 0 unspecified atom stereocenters. The fraction of sp³-hybridized carbons (Fsp3) is 0.417. The zero-order valence-corrected chi connectivity index (χ0v) is 9.91. The fourth-order valence-electron chi connectivity index (χ4n) is 1.22. The molecule has 0 aliphatic carbocycles. The van der Waals surface area contributed by atoms with Crippen molar-refractivity contribution >= 4 is 11.6 Å². The van der Waals surface area contributed by atoms with Gasteiger partial charge in [0.1, 0.15) is 5.75 Å². The molecule has 0 saturated heterocycles. The monoisotopic (exact) mass is 222 g/mol. The van der Waals surface area contributed by atoms with Gasteiger partial charge in [-0.25, -0.2) is 0 Å². The minimum absolute atomic E-state index is 0.0461. The lowest BCUT2D eigenvalue weighted by Crippen LogP contribution is -2.26. The number of likely N-dealkylation sites (N-methyl/N-ethyl adjacent to an activating group) is 1. The number of hydrogen-bond donors (Lipinski definition) is 2. The van der Waals surface area contributed by atoms with Crippen LogP contribution in [0, 0.1) is 0 Å².